The van der Waals surface area contributed by atoms with Gasteiger partial charge in [0.2, 0.25) is 0 Å². The Morgan fingerprint density at radius 1 is 1.33 bits per heavy atom. The number of benzene rings is 1. The lowest BCUT2D eigenvalue weighted by atomic mass is 9.95. The van der Waals surface area contributed by atoms with Gasteiger partial charge in [-0.25, -0.2) is 0 Å². The highest BCUT2D eigenvalue weighted by Gasteiger charge is 2.13. The van der Waals surface area contributed by atoms with Crippen molar-refractivity contribution in [1.82, 2.24) is 5.32 Å². The number of hydrogen-bond acceptors (Lipinski definition) is 3. The van der Waals surface area contributed by atoms with E-state index in [0.717, 1.165) is 43.5 Å². The summed E-state index contributed by atoms with van der Waals surface area (Å²) in [4.78, 5) is 0. The van der Waals surface area contributed by atoms with E-state index in [1.807, 2.05) is 24.3 Å². The Kier molecular flexibility index (Phi) is 6.76. The molecule has 0 aromatic heterocycles. The molecule has 2 N–H and O–H groups in total. The van der Waals surface area contributed by atoms with E-state index in [-0.39, 0.29) is 0 Å². The van der Waals surface area contributed by atoms with Gasteiger partial charge in [-0.1, -0.05) is 12.1 Å². The summed E-state index contributed by atoms with van der Waals surface area (Å²) < 4.78 is 10.7. The molecule has 0 spiro atoms. The van der Waals surface area contributed by atoms with Gasteiger partial charge >= 0.3 is 0 Å². The lowest BCUT2D eigenvalue weighted by Gasteiger charge is -2.22. The topological polar surface area (TPSA) is 42.5 Å². The first-order chi connectivity index (χ1) is 10.3. The number of nitrogens with one attached hydrogen (secondary N) is 2. The van der Waals surface area contributed by atoms with Crippen LogP contribution in [-0.2, 0) is 4.74 Å². The molecule has 1 aliphatic rings. The Hall–Kier alpha value is -1.33. The summed E-state index contributed by atoms with van der Waals surface area (Å²) in [6.45, 7) is 2.75. The Morgan fingerprint density at radius 3 is 2.86 bits per heavy atom. The van der Waals surface area contributed by atoms with Crippen LogP contribution in [-0.4, -0.2) is 32.0 Å². The molecule has 0 amide bonds. The van der Waals surface area contributed by atoms with Gasteiger partial charge in [-0.05, 0) is 56.0 Å². The van der Waals surface area contributed by atoms with Crippen LogP contribution in [0, 0.1) is 5.92 Å². The molecule has 116 valence electrons. The van der Waals surface area contributed by atoms with Crippen LogP contribution >= 0.6 is 12.2 Å². The monoisotopic (exact) mass is 308 g/mol. The van der Waals surface area contributed by atoms with Crippen LogP contribution < -0.4 is 15.4 Å². The maximum atomic E-state index is 5.37. The summed E-state index contributed by atoms with van der Waals surface area (Å²) in [6.07, 6.45) is 4.78. The van der Waals surface area contributed by atoms with Crippen molar-refractivity contribution >= 4 is 23.0 Å². The van der Waals surface area contributed by atoms with Crippen LogP contribution in [0.2, 0.25) is 0 Å². The number of para-hydroxylation sites is 2. The first-order valence-corrected chi connectivity index (χ1v) is 7.96. The summed E-state index contributed by atoms with van der Waals surface area (Å²) in [5.41, 5.74) is 0.891. The molecule has 0 bridgehead atoms. The molecule has 5 heteroatoms. The summed E-state index contributed by atoms with van der Waals surface area (Å²) >= 11 is 5.32. The highest BCUT2D eigenvalue weighted by atomic mass is 32.1. The second-order valence-corrected chi connectivity index (χ2v) is 5.69. The van der Waals surface area contributed by atoms with Crippen molar-refractivity contribution in [3.63, 3.8) is 0 Å². The number of rotatable bonds is 6. The summed E-state index contributed by atoms with van der Waals surface area (Å²) in [7, 11) is 1.66. The van der Waals surface area contributed by atoms with Gasteiger partial charge in [0.05, 0.1) is 12.8 Å². The van der Waals surface area contributed by atoms with Gasteiger partial charge in [0, 0.05) is 19.8 Å². The second-order valence-electron chi connectivity index (χ2n) is 5.28. The van der Waals surface area contributed by atoms with Crippen molar-refractivity contribution in [1.29, 1.82) is 0 Å². The maximum Gasteiger partial charge on any atom is 0.170 e. The Balaban J connectivity index is 1.65. The van der Waals surface area contributed by atoms with Crippen molar-refractivity contribution in [2.75, 3.05) is 32.2 Å². The molecular weight excluding hydrogens is 284 g/mol. The number of thiocarbonyl (C=S) groups is 1. The number of hydrogen-bond donors (Lipinski definition) is 2. The van der Waals surface area contributed by atoms with Gasteiger partial charge in [-0.3, -0.25) is 0 Å². The van der Waals surface area contributed by atoms with Gasteiger partial charge in [0.25, 0.3) is 0 Å². The Labute approximate surface area is 132 Å². The normalized spacial score (nSPS) is 15.5. The number of ether oxygens (including phenoxy) is 2. The van der Waals surface area contributed by atoms with Gasteiger partial charge in [-0.2, -0.15) is 0 Å². The molecular formula is C16H24N2O2S. The fourth-order valence-corrected chi connectivity index (χ4v) is 2.75. The molecule has 1 aliphatic heterocycles. The molecule has 1 aromatic carbocycles. The molecule has 0 aliphatic carbocycles. The van der Waals surface area contributed by atoms with E-state index in [9.17, 15) is 0 Å². The van der Waals surface area contributed by atoms with E-state index in [2.05, 4.69) is 10.6 Å². The third kappa shape index (κ3) is 5.52. The average Bonchev–Trinajstić information content (AvgIpc) is 2.53. The van der Waals surface area contributed by atoms with Gasteiger partial charge in [0.15, 0.2) is 5.11 Å². The third-order valence-electron chi connectivity index (χ3n) is 3.77. The summed E-state index contributed by atoms with van der Waals surface area (Å²) in [5, 5.41) is 7.08. The lowest BCUT2D eigenvalue weighted by Crippen LogP contribution is -2.29. The minimum atomic E-state index is 0.645. The molecule has 0 atom stereocenters. The smallest absolute Gasteiger partial charge is 0.170 e. The van der Waals surface area contributed by atoms with E-state index in [4.69, 9.17) is 21.7 Å². The number of anilines is 1. The molecule has 0 unspecified atom stereocenters. The van der Waals surface area contributed by atoms with Crippen molar-refractivity contribution < 1.29 is 9.47 Å². The maximum absolute atomic E-state index is 5.37. The second kappa shape index (κ2) is 8.85. The van der Waals surface area contributed by atoms with Crippen LogP contribution in [0.3, 0.4) is 0 Å². The van der Waals surface area contributed by atoms with Crippen LogP contribution in [0.5, 0.6) is 5.75 Å². The highest BCUT2D eigenvalue weighted by Crippen LogP contribution is 2.23. The predicted molar refractivity (Wildman–Crippen MR) is 90.0 cm³/mol. The quantitative estimate of drug-likeness (QED) is 0.624. The molecule has 1 fully saturated rings. The van der Waals surface area contributed by atoms with Crippen LogP contribution in [0.4, 0.5) is 5.69 Å². The number of methoxy groups -OCH3 is 1. The largest absolute Gasteiger partial charge is 0.495 e. The molecule has 0 radical (unpaired) electrons. The standard InChI is InChI=1S/C16H24N2O2S/c1-19-15-7-3-2-6-14(15)18-16(21)17-10-4-5-13-8-11-20-12-9-13/h2-3,6-7,13H,4-5,8-12H2,1H3,(H2,17,18,21). The highest BCUT2D eigenvalue weighted by molar-refractivity contribution is 7.80. The lowest BCUT2D eigenvalue weighted by molar-refractivity contribution is 0.0634. The molecule has 0 saturated carbocycles. The molecule has 1 aromatic rings. The van der Waals surface area contributed by atoms with Crippen molar-refractivity contribution in [3.05, 3.63) is 24.3 Å². The van der Waals surface area contributed by atoms with Crippen molar-refractivity contribution in [3.8, 4) is 5.75 Å². The fourth-order valence-electron chi connectivity index (χ4n) is 2.54. The molecule has 21 heavy (non-hydrogen) atoms. The van der Waals surface area contributed by atoms with Crippen LogP contribution in [0.15, 0.2) is 24.3 Å². The van der Waals surface area contributed by atoms with Crippen LogP contribution in [0.1, 0.15) is 25.7 Å². The van der Waals surface area contributed by atoms with E-state index < -0.39 is 0 Å². The fraction of sp³-hybridized carbons (Fsp3) is 0.562. The SMILES string of the molecule is COc1ccccc1NC(=S)NCCCC1CCOCC1. The minimum Gasteiger partial charge on any atom is -0.495 e. The van der Waals surface area contributed by atoms with E-state index >= 15 is 0 Å². The average molecular weight is 308 g/mol. The van der Waals surface area contributed by atoms with E-state index in [1.165, 1.54) is 19.3 Å². The van der Waals surface area contributed by atoms with Gasteiger partial charge < -0.3 is 20.1 Å². The first-order valence-electron chi connectivity index (χ1n) is 7.55. The third-order valence-corrected chi connectivity index (χ3v) is 4.02. The summed E-state index contributed by atoms with van der Waals surface area (Å²) in [6, 6.07) is 7.76. The van der Waals surface area contributed by atoms with E-state index in [1.54, 1.807) is 7.11 Å². The van der Waals surface area contributed by atoms with E-state index in [0.29, 0.717) is 5.11 Å². The zero-order valence-electron chi connectivity index (χ0n) is 12.6. The zero-order chi connectivity index (χ0) is 14.9. The zero-order valence-corrected chi connectivity index (χ0v) is 13.4. The minimum absolute atomic E-state index is 0.645. The molecule has 1 saturated heterocycles. The first kappa shape index (κ1) is 16.0. The molecule has 1 heterocycles. The van der Waals surface area contributed by atoms with Gasteiger partial charge in [-0.15, -0.1) is 0 Å². The Morgan fingerprint density at radius 2 is 2.10 bits per heavy atom. The summed E-state index contributed by atoms with van der Waals surface area (Å²) in [5.74, 6) is 1.61. The Bertz CT molecular complexity index is 448. The van der Waals surface area contributed by atoms with Crippen molar-refractivity contribution in [2.45, 2.75) is 25.7 Å². The predicted octanol–water partition coefficient (Wildman–Crippen LogP) is 3.19. The molecule has 4 nitrogen and oxygen atoms in total. The van der Waals surface area contributed by atoms with Gasteiger partial charge in [0.1, 0.15) is 5.75 Å². The van der Waals surface area contributed by atoms with Crippen molar-refractivity contribution in [2.24, 2.45) is 5.92 Å². The molecule has 2 rings (SSSR count). The van der Waals surface area contributed by atoms with Crippen LogP contribution in [0.25, 0.3) is 0 Å².